The van der Waals surface area contributed by atoms with Crippen LogP contribution in [0.1, 0.15) is 12.6 Å². The minimum Gasteiger partial charge on any atom is -0.345 e. The van der Waals surface area contributed by atoms with E-state index in [0.717, 1.165) is 0 Å². The van der Waals surface area contributed by atoms with E-state index in [4.69, 9.17) is 0 Å². The molecular weight excluding hydrogens is 208 g/mol. The normalized spacial score (nSPS) is 11.1. The van der Waals surface area contributed by atoms with Crippen LogP contribution in [0.25, 0.3) is 0 Å². The molecule has 1 heterocycles. The number of carbonyl (C=O) groups excluding carboxylic acids is 1. The number of aromatic amines is 1. The molecule has 0 bridgehead atoms. The number of halogens is 2. The third-order valence-electron chi connectivity index (χ3n) is 1.57. The summed E-state index contributed by atoms with van der Waals surface area (Å²) in [5, 5.41) is 7.64. The van der Waals surface area contributed by atoms with E-state index in [-0.39, 0.29) is 6.54 Å². The van der Waals surface area contributed by atoms with Gasteiger partial charge in [-0.3, -0.25) is 9.59 Å². The van der Waals surface area contributed by atoms with Crippen LogP contribution in [0.4, 0.5) is 8.78 Å². The number of carbonyl (C=O) groups is 1. The Morgan fingerprint density at radius 3 is 2.73 bits per heavy atom. The monoisotopic (exact) mass is 217 g/mol. The Balaban J connectivity index is 2.55. The summed E-state index contributed by atoms with van der Waals surface area (Å²) in [6.45, 7) is 0.349. The van der Waals surface area contributed by atoms with Crippen molar-refractivity contribution in [3.8, 4) is 0 Å². The molecule has 7 heteroatoms. The maximum absolute atomic E-state index is 12.4. The first kappa shape index (κ1) is 11.3. The molecule has 15 heavy (non-hydrogen) atoms. The Morgan fingerprint density at radius 1 is 1.60 bits per heavy atom. The molecule has 82 valence electrons. The van der Waals surface area contributed by atoms with Crippen molar-refractivity contribution in [1.82, 2.24) is 15.5 Å². The molecule has 1 amide bonds. The summed E-state index contributed by atoms with van der Waals surface area (Å²) < 4.78 is 24.8. The molecule has 0 spiro atoms. The summed E-state index contributed by atoms with van der Waals surface area (Å²) >= 11 is 0. The molecule has 0 fully saturated rings. The van der Waals surface area contributed by atoms with Crippen molar-refractivity contribution in [3.63, 3.8) is 0 Å². The summed E-state index contributed by atoms with van der Waals surface area (Å²) in [7, 11) is 0. The van der Waals surface area contributed by atoms with Crippen LogP contribution < -0.4 is 10.9 Å². The van der Waals surface area contributed by atoms with Crippen LogP contribution in [0.15, 0.2) is 16.9 Å². The molecule has 0 saturated carbocycles. The summed E-state index contributed by atoms with van der Waals surface area (Å²) in [6, 6.07) is 2.53. The van der Waals surface area contributed by atoms with Crippen molar-refractivity contribution in [2.75, 3.05) is 0 Å². The largest absolute Gasteiger partial charge is 0.345 e. The number of amides is 1. The lowest BCUT2D eigenvalue weighted by Gasteiger charge is -2.09. The van der Waals surface area contributed by atoms with Gasteiger partial charge in [-0.05, 0) is 6.07 Å². The minimum absolute atomic E-state index is 0.154. The summed E-state index contributed by atoms with van der Waals surface area (Å²) in [5.41, 5.74) is -0.0990. The van der Waals surface area contributed by atoms with E-state index in [9.17, 15) is 18.4 Å². The Bertz CT molecular complexity index is 391. The van der Waals surface area contributed by atoms with Crippen molar-refractivity contribution in [2.45, 2.75) is 19.4 Å². The number of rotatable bonds is 3. The van der Waals surface area contributed by atoms with Gasteiger partial charge in [-0.25, -0.2) is 5.10 Å². The van der Waals surface area contributed by atoms with Gasteiger partial charge < -0.3 is 5.32 Å². The molecule has 0 atom stereocenters. The highest BCUT2D eigenvalue weighted by molar-refractivity contribution is 5.82. The Labute approximate surface area is 83.5 Å². The van der Waals surface area contributed by atoms with Crippen molar-refractivity contribution in [2.24, 2.45) is 0 Å². The Hall–Kier alpha value is -1.79. The van der Waals surface area contributed by atoms with E-state index in [1.54, 1.807) is 0 Å². The smallest absolute Gasteiger partial charge is 0.321 e. The SMILES string of the molecule is CC(F)(F)C(=O)NCc1ccc(=O)[nH]n1. The van der Waals surface area contributed by atoms with Crippen LogP contribution in [0.5, 0.6) is 0 Å². The standard InChI is InChI=1S/C8H9F2N3O2/c1-8(9,10)7(15)11-4-5-2-3-6(14)13-12-5/h2-3H,4H2,1H3,(H,11,15)(H,13,14). The van der Waals surface area contributed by atoms with Crippen LogP contribution in [-0.4, -0.2) is 22.0 Å². The predicted molar refractivity (Wildman–Crippen MR) is 47.3 cm³/mol. The summed E-state index contributed by atoms with van der Waals surface area (Å²) in [5.74, 6) is -4.79. The van der Waals surface area contributed by atoms with Crippen molar-refractivity contribution >= 4 is 5.91 Å². The van der Waals surface area contributed by atoms with E-state index in [0.29, 0.717) is 12.6 Å². The fraction of sp³-hybridized carbons (Fsp3) is 0.375. The van der Waals surface area contributed by atoms with Gasteiger partial charge in [0.15, 0.2) is 0 Å². The molecule has 0 aliphatic heterocycles. The Morgan fingerprint density at radius 2 is 2.27 bits per heavy atom. The predicted octanol–water partition coefficient (Wildman–Crippen LogP) is 0.0413. The quantitative estimate of drug-likeness (QED) is 0.750. The first-order valence-electron chi connectivity index (χ1n) is 4.10. The number of alkyl halides is 2. The van der Waals surface area contributed by atoms with Gasteiger partial charge in [0, 0.05) is 13.0 Å². The molecule has 1 rings (SSSR count). The minimum atomic E-state index is -3.41. The lowest BCUT2D eigenvalue weighted by molar-refractivity contribution is -0.143. The van der Waals surface area contributed by atoms with Gasteiger partial charge in [-0.1, -0.05) is 0 Å². The van der Waals surface area contributed by atoms with E-state index in [1.807, 2.05) is 5.32 Å². The van der Waals surface area contributed by atoms with Gasteiger partial charge in [0.05, 0.1) is 12.2 Å². The average Bonchev–Trinajstić information content (AvgIpc) is 2.15. The third-order valence-corrected chi connectivity index (χ3v) is 1.57. The number of aromatic nitrogens is 2. The molecule has 2 N–H and O–H groups in total. The topological polar surface area (TPSA) is 74.8 Å². The van der Waals surface area contributed by atoms with Gasteiger partial charge >= 0.3 is 5.92 Å². The fourth-order valence-corrected chi connectivity index (χ4v) is 0.798. The van der Waals surface area contributed by atoms with E-state index < -0.39 is 17.4 Å². The highest BCUT2D eigenvalue weighted by Gasteiger charge is 2.31. The Kier molecular flexibility index (Phi) is 3.13. The maximum atomic E-state index is 12.4. The molecular formula is C8H9F2N3O2. The number of hydrogen-bond donors (Lipinski definition) is 2. The molecule has 1 aromatic heterocycles. The van der Waals surface area contributed by atoms with E-state index >= 15 is 0 Å². The molecule has 0 aliphatic rings. The lowest BCUT2D eigenvalue weighted by Crippen LogP contribution is -2.37. The van der Waals surface area contributed by atoms with Crippen molar-refractivity contribution < 1.29 is 13.6 Å². The molecule has 0 saturated heterocycles. The molecule has 0 aliphatic carbocycles. The maximum Gasteiger partial charge on any atom is 0.321 e. The molecule has 5 nitrogen and oxygen atoms in total. The average molecular weight is 217 g/mol. The second-order valence-corrected chi connectivity index (χ2v) is 2.98. The van der Waals surface area contributed by atoms with Crippen LogP contribution in [0, 0.1) is 0 Å². The lowest BCUT2D eigenvalue weighted by atomic mass is 10.3. The highest BCUT2D eigenvalue weighted by Crippen LogP contribution is 2.10. The van der Waals surface area contributed by atoms with Crippen molar-refractivity contribution in [1.29, 1.82) is 0 Å². The number of H-pyrrole nitrogens is 1. The van der Waals surface area contributed by atoms with Crippen LogP contribution in [0.3, 0.4) is 0 Å². The van der Waals surface area contributed by atoms with Crippen LogP contribution in [-0.2, 0) is 11.3 Å². The van der Waals surface area contributed by atoms with E-state index in [1.165, 1.54) is 12.1 Å². The first-order chi connectivity index (χ1) is 6.89. The number of nitrogens with one attached hydrogen (secondary N) is 2. The molecule has 0 radical (unpaired) electrons. The molecule has 1 aromatic rings. The van der Waals surface area contributed by atoms with Gasteiger partial charge in [0.2, 0.25) is 0 Å². The van der Waals surface area contributed by atoms with Crippen molar-refractivity contribution in [3.05, 3.63) is 28.2 Å². The van der Waals surface area contributed by atoms with Gasteiger partial charge in [0.25, 0.3) is 11.5 Å². The highest BCUT2D eigenvalue weighted by atomic mass is 19.3. The second kappa shape index (κ2) is 4.16. The second-order valence-electron chi connectivity index (χ2n) is 2.98. The number of hydrogen-bond acceptors (Lipinski definition) is 3. The zero-order valence-electron chi connectivity index (χ0n) is 7.88. The van der Waals surface area contributed by atoms with Crippen LogP contribution in [0.2, 0.25) is 0 Å². The van der Waals surface area contributed by atoms with Gasteiger partial charge in [-0.15, -0.1) is 0 Å². The summed E-state index contributed by atoms with van der Waals surface area (Å²) in [4.78, 5) is 21.3. The van der Waals surface area contributed by atoms with Gasteiger partial charge in [0.1, 0.15) is 0 Å². The van der Waals surface area contributed by atoms with Crippen LogP contribution >= 0.6 is 0 Å². The molecule has 0 unspecified atom stereocenters. The molecule has 0 aromatic carbocycles. The first-order valence-corrected chi connectivity index (χ1v) is 4.10. The zero-order valence-corrected chi connectivity index (χ0v) is 7.88. The third kappa shape index (κ3) is 3.45. The van der Waals surface area contributed by atoms with Gasteiger partial charge in [-0.2, -0.15) is 13.9 Å². The zero-order chi connectivity index (χ0) is 11.5. The van der Waals surface area contributed by atoms with E-state index in [2.05, 4.69) is 10.2 Å². The summed E-state index contributed by atoms with van der Waals surface area (Å²) in [6.07, 6.45) is 0. The fourth-order valence-electron chi connectivity index (χ4n) is 0.798. The number of nitrogens with zero attached hydrogens (tertiary/aromatic N) is 1.